The normalized spacial score (nSPS) is 20.1. The largest absolute Gasteiger partial charge is 0.493 e. The van der Waals surface area contributed by atoms with Crippen molar-refractivity contribution in [2.75, 3.05) is 38.2 Å². The fourth-order valence-corrected chi connectivity index (χ4v) is 4.91. The summed E-state index contributed by atoms with van der Waals surface area (Å²) in [5.74, 6) is 1.64. The lowest BCUT2D eigenvalue weighted by Crippen LogP contribution is -2.54. The predicted octanol–water partition coefficient (Wildman–Crippen LogP) is 4.26. The second kappa shape index (κ2) is 10.2. The molecule has 0 aromatic heterocycles. The molecule has 1 saturated carbocycles. The number of piperazine rings is 1. The number of rotatable bonds is 8. The van der Waals surface area contributed by atoms with E-state index in [1.165, 1.54) is 24.0 Å². The molecular weight excluding hydrogens is 388 g/mol. The highest BCUT2D eigenvalue weighted by Crippen LogP contribution is 2.35. The van der Waals surface area contributed by atoms with Gasteiger partial charge in [0.05, 0.1) is 19.8 Å². The quantitative estimate of drug-likeness (QED) is 0.595. The topological polar surface area (TPSA) is 42.0 Å². The van der Waals surface area contributed by atoms with E-state index in [-0.39, 0.29) is 0 Å². The van der Waals surface area contributed by atoms with Crippen molar-refractivity contribution in [3.63, 3.8) is 0 Å². The zero-order chi connectivity index (χ0) is 21.6. The number of hydrogen-bond donors (Lipinski definition) is 0. The fraction of sp³-hybridized carbons (Fsp3) is 0.500. The summed E-state index contributed by atoms with van der Waals surface area (Å²) in [7, 11) is 1.70. The molecule has 1 saturated heterocycles. The number of ether oxygens (including phenoxy) is 2. The van der Waals surface area contributed by atoms with Crippen molar-refractivity contribution in [3.8, 4) is 11.5 Å². The van der Waals surface area contributed by atoms with Crippen molar-refractivity contribution in [1.29, 1.82) is 0 Å². The number of carbonyl (C=O) groups excluding carboxylic acids is 1. The van der Waals surface area contributed by atoms with Gasteiger partial charge in [-0.15, -0.1) is 0 Å². The summed E-state index contributed by atoms with van der Waals surface area (Å²) >= 11 is 0. The van der Waals surface area contributed by atoms with Crippen LogP contribution >= 0.6 is 0 Å². The van der Waals surface area contributed by atoms with Gasteiger partial charge in [0.1, 0.15) is 6.29 Å². The molecule has 1 aliphatic carbocycles. The Hall–Kier alpha value is -2.53. The van der Waals surface area contributed by atoms with Crippen LogP contribution in [0, 0.1) is 6.92 Å². The van der Waals surface area contributed by atoms with E-state index in [1.807, 2.05) is 6.07 Å². The number of methoxy groups -OCH3 is 1. The lowest BCUT2D eigenvalue weighted by atomic mass is 10.00. The van der Waals surface area contributed by atoms with Gasteiger partial charge in [-0.2, -0.15) is 0 Å². The van der Waals surface area contributed by atoms with Crippen LogP contribution in [0.15, 0.2) is 42.5 Å². The highest BCUT2D eigenvalue weighted by atomic mass is 16.5. The maximum absolute atomic E-state index is 11.3. The number of benzene rings is 2. The van der Waals surface area contributed by atoms with Crippen LogP contribution in [-0.4, -0.2) is 56.6 Å². The Bertz CT molecular complexity index is 879. The number of aryl methyl sites for hydroxylation is 1. The predicted molar refractivity (Wildman–Crippen MR) is 124 cm³/mol. The molecule has 1 aliphatic heterocycles. The Morgan fingerprint density at radius 1 is 1.06 bits per heavy atom. The van der Waals surface area contributed by atoms with Crippen molar-refractivity contribution in [1.82, 2.24) is 4.90 Å². The molecule has 2 aromatic rings. The van der Waals surface area contributed by atoms with Gasteiger partial charge < -0.3 is 19.2 Å². The number of hydrogen-bond acceptors (Lipinski definition) is 5. The zero-order valence-electron chi connectivity index (χ0n) is 18.8. The van der Waals surface area contributed by atoms with E-state index in [4.69, 9.17) is 9.47 Å². The second-order valence-electron chi connectivity index (χ2n) is 8.81. The molecule has 1 unspecified atom stereocenters. The summed E-state index contributed by atoms with van der Waals surface area (Å²) in [5, 5.41) is 0. The van der Waals surface area contributed by atoms with Crippen LogP contribution in [0.2, 0.25) is 0 Å². The molecule has 0 bridgehead atoms. The van der Waals surface area contributed by atoms with Crippen LogP contribution in [-0.2, 0) is 11.2 Å². The molecule has 0 spiro atoms. The molecular formula is C26H34N2O3. The number of nitrogens with zero attached hydrogens (tertiary/aromatic N) is 2. The van der Waals surface area contributed by atoms with Gasteiger partial charge in [0.15, 0.2) is 11.5 Å². The number of carbonyl (C=O) groups is 1. The SMILES string of the molecule is COc1ccc(N2CCN(CC=O)C(Cc3cccc(C)c3)C2)cc1OC1CCCC1. The molecule has 166 valence electrons. The highest BCUT2D eigenvalue weighted by molar-refractivity contribution is 5.57. The van der Waals surface area contributed by atoms with E-state index in [9.17, 15) is 4.79 Å². The van der Waals surface area contributed by atoms with Crippen LogP contribution in [0.3, 0.4) is 0 Å². The van der Waals surface area contributed by atoms with E-state index >= 15 is 0 Å². The standard InChI is InChI=1S/C26H34N2O3/c1-20-6-5-7-21(16-20)17-23-19-28(13-12-27(23)14-15-29)22-10-11-25(30-2)26(18-22)31-24-8-3-4-9-24/h5-7,10-11,15-16,18,23-24H,3-4,8-9,12-14,17,19H2,1-2H3. The highest BCUT2D eigenvalue weighted by Gasteiger charge is 2.28. The second-order valence-corrected chi connectivity index (χ2v) is 8.81. The van der Waals surface area contributed by atoms with E-state index in [1.54, 1.807) is 7.11 Å². The van der Waals surface area contributed by atoms with Crippen molar-refractivity contribution in [3.05, 3.63) is 53.6 Å². The van der Waals surface area contributed by atoms with Gasteiger partial charge in [0, 0.05) is 37.4 Å². The molecule has 5 heteroatoms. The molecule has 4 rings (SSSR count). The third-order valence-corrected chi connectivity index (χ3v) is 6.58. The summed E-state index contributed by atoms with van der Waals surface area (Å²) in [4.78, 5) is 16.0. The Morgan fingerprint density at radius 2 is 1.90 bits per heavy atom. The molecule has 2 aromatic carbocycles. The molecule has 0 N–H and O–H groups in total. The Labute approximate surface area is 185 Å². The summed E-state index contributed by atoms with van der Waals surface area (Å²) in [6.07, 6.45) is 6.99. The van der Waals surface area contributed by atoms with E-state index in [2.05, 4.69) is 53.1 Å². The van der Waals surface area contributed by atoms with Gasteiger partial charge in [-0.25, -0.2) is 0 Å². The average Bonchev–Trinajstić information content (AvgIpc) is 3.28. The summed E-state index contributed by atoms with van der Waals surface area (Å²) in [6, 6.07) is 15.3. The van der Waals surface area contributed by atoms with Crippen LogP contribution < -0.4 is 14.4 Å². The Kier molecular flexibility index (Phi) is 7.13. The molecule has 1 heterocycles. The lowest BCUT2D eigenvalue weighted by Gasteiger charge is -2.42. The van der Waals surface area contributed by atoms with Gasteiger partial charge in [0.2, 0.25) is 0 Å². The molecule has 31 heavy (non-hydrogen) atoms. The van der Waals surface area contributed by atoms with Crippen LogP contribution in [0.4, 0.5) is 5.69 Å². The minimum atomic E-state index is 0.294. The first-order chi connectivity index (χ1) is 15.2. The third kappa shape index (κ3) is 5.40. The summed E-state index contributed by atoms with van der Waals surface area (Å²) < 4.78 is 11.9. The first kappa shape index (κ1) is 21.7. The van der Waals surface area contributed by atoms with Gasteiger partial charge in [0.25, 0.3) is 0 Å². The van der Waals surface area contributed by atoms with E-state index < -0.39 is 0 Å². The third-order valence-electron chi connectivity index (χ3n) is 6.58. The molecule has 0 radical (unpaired) electrons. The lowest BCUT2D eigenvalue weighted by molar-refractivity contribution is -0.109. The van der Waals surface area contributed by atoms with Crippen molar-refractivity contribution in [2.45, 2.75) is 51.2 Å². The monoisotopic (exact) mass is 422 g/mol. The Morgan fingerprint density at radius 3 is 2.65 bits per heavy atom. The van der Waals surface area contributed by atoms with E-state index in [0.29, 0.717) is 18.7 Å². The van der Waals surface area contributed by atoms with Crippen LogP contribution in [0.25, 0.3) is 0 Å². The first-order valence-corrected chi connectivity index (χ1v) is 11.5. The zero-order valence-corrected chi connectivity index (χ0v) is 18.8. The van der Waals surface area contributed by atoms with Gasteiger partial charge in [-0.1, -0.05) is 29.8 Å². The van der Waals surface area contributed by atoms with Crippen molar-refractivity contribution < 1.29 is 14.3 Å². The minimum Gasteiger partial charge on any atom is -0.493 e. The summed E-state index contributed by atoms with van der Waals surface area (Å²) in [5.41, 5.74) is 3.76. The Balaban J connectivity index is 1.52. The molecule has 2 fully saturated rings. The fourth-order valence-electron chi connectivity index (χ4n) is 4.91. The average molecular weight is 423 g/mol. The van der Waals surface area contributed by atoms with Crippen LogP contribution in [0.1, 0.15) is 36.8 Å². The van der Waals surface area contributed by atoms with E-state index in [0.717, 1.165) is 62.4 Å². The smallest absolute Gasteiger partial charge is 0.163 e. The number of anilines is 1. The van der Waals surface area contributed by atoms with Crippen molar-refractivity contribution in [2.24, 2.45) is 0 Å². The van der Waals surface area contributed by atoms with Crippen molar-refractivity contribution >= 4 is 12.0 Å². The van der Waals surface area contributed by atoms with Gasteiger partial charge in [-0.3, -0.25) is 4.90 Å². The van der Waals surface area contributed by atoms with Crippen LogP contribution in [0.5, 0.6) is 11.5 Å². The maximum atomic E-state index is 11.3. The minimum absolute atomic E-state index is 0.294. The summed E-state index contributed by atoms with van der Waals surface area (Å²) in [6.45, 7) is 5.27. The van der Waals surface area contributed by atoms with Gasteiger partial charge >= 0.3 is 0 Å². The maximum Gasteiger partial charge on any atom is 0.163 e. The molecule has 1 atom stereocenters. The molecule has 2 aliphatic rings. The molecule has 0 amide bonds. The van der Waals surface area contributed by atoms with Gasteiger partial charge in [-0.05, 0) is 56.7 Å². The number of aldehydes is 1. The first-order valence-electron chi connectivity index (χ1n) is 11.5. The molecule has 5 nitrogen and oxygen atoms in total.